The number of hydrogen-bond donors (Lipinski definition) is 1. The molecular weight excluding hydrogens is 495 g/mol. The molecule has 1 aromatic carbocycles. The lowest BCUT2D eigenvalue weighted by molar-refractivity contribution is -0.135. The Labute approximate surface area is 229 Å². The molecule has 1 atom stereocenters. The van der Waals surface area contributed by atoms with Gasteiger partial charge in [0.1, 0.15) is 22.7 Å². The van der Waals surface area contributed by atoms with Crippen molar-refractivity contribution in [2.75, 3.05) is 13.1 Å². The number of pyridine rings is 1. The first kappa shape index (κ1) is 28.5. The van der Waals surface area contributed by atoms with Gasteiger partial charge in [-0.2, -0.15) is 0 Å². The lowest BCUT2D eigenvalue weighted by Gasteiger charge is -2.42. The van der Waals surface area contributed by atoms with Gasteiger partial charge in [0.05, 0.1) is 0 Å². The van der Waals surface area contributed by atoms with E-state index in [-0.39, 0.29) is 34.9 Å². The molecule has 0 saturated carbocycles. The zero-order chi connectivity index (χ0) is 28.7. The summed E-state index contributed by atoms with van der Waals surface area (Å²) in [5, 5.41) is 3.75. The van der Waals surface area contributed by atoms with Gasteiger partial charge in [-0.05, 0) is 76.3 Å². The van der Waals surface area contributed by atoms with Crippen LogP contribution in [0.2, 0.25) is 0 Å². The number of benzene rings is 1. The van der Waals surface area contributed by atoms with Crippen LogP contribution < -0.4 is 5.32 Å². The van der Waals surface area contributed by atoms with E-state index < -0.39 is 5.54 Å². The Balaban J connectivity index is 1.66. The largest absolute Gasteiger partial charge is 0.344 e. The topological polar surface area (TPSA) is 84.3 Å². The molecule has 1 aliphatic rings. The number of aryl methyl sites for hydroxylation is 1. The van der Waals surface area contributed by atoms with Crippen LogP contribution in [0.3, 0.4) is 0 Å². The molecule has 1 N–H and O–H groups in total. The number of nitrogens with zero attached hydrogens (tertiary/aromatic N) is 3. The summed E-state index contributed by atoms with van der Waals surface area (Å²) in [6.07, 6.45) is 3.40. The van der Waals surface area contributed by atoms with Crippen molar-refractivity contribution < 1.29 is 18.8 Å². The maximum atomic E-state index is 14.4. The highest BCUT2D eigenvalue weighted by Crippen LogP contribution is 2.35. The van der Waals surface area contributed by atoms with Crippen LogP contribution in [0.25, 0.3) is 22.2 Å². The van der Waals surface area contributed by atoms with Gasteiger partial charge in [-0.15, -0.1) is 0 Å². The molecule has 2 amide bonds. The predicted molar refractivity (Wildman–Crippen MR) is 151 cm³/mol. The first-order valence-corrected chi connectivity index (χ1v) is 13.7. The molecule has 39 heavy (non-hydrogen) atoms. The minimum Gasteiger partial charge on any atom is -0.344 e. The van der Waals surface area contributed by atoms with Gasteiger partial charge < -0.3 is 14.8 Å². The molecule has 0 spiro atoms. The molecule has 8 heteroatoms. The summed E-state index contributed by atoms with van der Waals surface area (Å²) in [7, 11) is 0. The lowest BCUT2D eigenvalue weighted by Crippen LogP contribution is -2.61. The van der Waals surface area contributed by atoms with E-state index >= 15 is 0 Å². The van der Waals surface area contributed by atoms with Gasteiger partial charge >= 0.3 is 0 Å². The van der Waals surface area contributed by atoms with Crippen molar-refractivity contribution in [1.29, 1.82) is 0 Å². The van der Waals surface area contributed by atoms with Crippen LogP contribution in [0.15, 0.2) is 36.5 Å². The van der Waals surface area contributed by atoms with Gasteiger partial charge in [-0.3, -0.25) is 14.4 Å². The molecule has 3 heterocycles. The van der Waals surface area contributed by atoms with Crippen molar-refractivity contribution >= 4 is 28.6 Å². The Bertz CT molecular complexity index is 1430. The molecule has 3 aromatic rings. The van der Waals surface area contributed by atoms with Crippen molar-refractivity contribution in [2.24, 2.45) is 5.92 Å². The van der Waals surface area contributed by atoms with Crippen LogP contribution in [-0.2, 0) is 15.1 Å². The molecule has 1 aliphatic heterocycles. The minimum absolute atomic E-state index is 0.0231. The van der Waals surface area contributed by atoms with Crippen LogP contribution >= 0.6 is 0 Å². The zero-order valence-corrected chi connectivity index (χ0v) is 24.0. The van der Waals surface area contributed by atoms with Gasteiger partial charge in [-0.1, -0.05) is 26.0 Å². The van der Waals surface area contributed by atoms with Crippen LogP contribution in [0, 0.1) is 18.7 Å². The summed E-state index contributed by atoms with van der Waals surface area (Å²) in [6, 6.07) is 8.79. The number of aromatic nitrogens is 2. The molecule has 208 valence electrons. The Hall–Kier alpha value is -3.55. The SMILES string of the molecule is CC[C@@H](C)C(=O)C1(NC(C)=O)CCN(C(=O)c2ccc3c(-c4ccc(C)c(F)c4)cn(C(C)(C)C)c3n2)CC1. The quantitative estimate of drug-likeness (QED) is 0.444. The van der Waals surface area contributed by atoms with E-state index in [4.69, 9.17) is 4.98 Å². The third-order valence-electron chi connectivity index (χ3n) is 7.93. The van der Waals surface area contributed by atoms with Crippen LogP contribution in [0.4, 0.5) is 4.39 Å². The summed E-state index contributed by atoms with van der Waals surface area (Å²) in [6.45, 7) is 13.9. The van der Waals surface area contributed by atoms with E-state index in [1.807, 2.05) is 36.7 Å². The van der Waals surface area contributed by atoms with Crippen molar-refractivity contribution in [1.82, 2.24) is 19.8 Å². The number of Topliss-reactive ketones (excluding diaryl/α,β-unsaturated/α-hetero) is 1. The lowest BCUT2D eigenvalue weighted by atomic mass is 9.78. The average Bonchev–Trinajstić information content (AvgIpc) is 3.28. The Kier molecular flexibility index (Phi) is 7.70. The van der Waals surface area contributed by atoms with Crippen LogP contribution in [-0.4, -0.2) is 50.7 Å². The Morgan fingerprint density at radius 2 is 1.79 bits per heavy atom. The molecule has 1 saturated heterocycles. The first-order chi connectivity index (χ1) is 18.3. The summed E-state index contributed by atoms with van der Waals surface area (Å²) in [5.74, 6) is -0.879. The van der Waals surface area contributed by atoms with Gasteiger partial charge in [0.25, 0.3) is 5.91 Å². The number of hydrogen-bond acceptors (Lipinski definition) is 4. The van der Waals surface area contributed by atoms with Crippen molar-refractivity contribution in [3.8, 4) is 11.1 Å². The second kappa shape index (κ2) is 10.5. The van der Waals surface area contributed by atoms with Gasteiger partial charge in [0.15, 0.2) is 5.78 Å². The maximum absolute atomic E-state index is 14.4. The second-order valence-corrected chi connectivity index (χ2v) is 11.8. The summed E-state index contributed by atoms with van der Waals surface area (Å²) in [5.41, 5.74) is 1.88. The van der Waals surface area contributed by atoms with Crippen molar-refractivity contribution in [3.63, 3.8) is 0 Å². The summed E-state index contributed by atoms with van der Waals surface area (Å²) < 4.78 is 16.4. The van der Waals surface area contributed by atoms with Gasteiger partial charge in [-0.25, -0.2) is 9.37 Å². The molecule has 0 bridgehead atoms. The molecule has 0 unspecified atom stereocenters. The second-order valence-electron chi connectivity index (χ2n) is 11.8. The standard InChI is InChI=1S/C31H39FN4O3/c1-8-19(2)27(38)31(34-21(4)37)13-15-35(16-14-31)29(39)26-12-11-23-24(22-10-9-20(3)25(32)17-22)18-36(28(23)33-26)30(5,6)7/h9-12,17-19H,8,13-16H2,1-7H3,(H,34,37)/t19-/m1/s1. The van der Waals surface area contributed by atoms with Gasteiger partial charge in [0.2, 0.25) is 5.91 Å². The highest BCUT2D eigenvalue weighted by Gasteiger charge is 2.44. The molecule has 7 nitrogen and oxygen atoms in total. The molecule has 1 fully saturated rings. The third-order valence-corrected chi connectivity index (χ3v) is 7.93. The molecular formula is C31H39FN4O3. The van der Waals surface area contributed by atoms with E-state index in [0.717, 1.165) is 16.5 Å². The number of ketones is 1. The number of rotatable bonds is 6. The monoisotopic (exact) mass is 534 g/mol. The Morgan fingerprint density at radius 1 is 1.13 bits per heavy atom. The average molecular weight is 535 g/mol. The van der Waals surface area contributed by atoms with Crippen molar-refractivity contribution in [3.05, 3.63) is 53.6 Å². The highest BCUT2D eigenvalue weighted by molar-refractivity contribution is 5.99. The number of carbonyl (C=O) groups is 3. The smallest absolute Gasteiger partial charge is 0.272 e. The van der Waals surface area contributed by atoms with Gasteiger partial charge in [0, 0.05) is 48.6 Å². The predicted octanol–water partition coefficient (Wildman–Crippen LogP) is 5.63. The van der Waals surface area contributed by atoms with Crippen LogP contribution in [0.5, 0.6) is 0 Å². The van der Waals surface area contributed by atoms with Crippen LogP contribution in [0.1, 0.15) is 76.9 Å². The Morgan fingerprint density at radius 3 is 2.36 bits per heavy atom. The molecule has 4 rings (SSSR count). The third kappa shape index (κ3) is 5.47. The van der Waals surface area contributed by atoms with E-state index in [1.54, 1.807) is 24.0 Å². The number of halogens is 1. The molecule has 0 radical (unpaired) electrons. The van der Waals surface area contributed by atoms with E-state index in [2.05, 4.69) is 26.1 Å². The summed E-state index contributed by atoms with van der Waals surface area (Å²) in [4.78, 5) is 45.3. The highest BCUT2D eigenvalue weighted by atomic mass is 19.1. The van der Waals surface area contributed by atoms with E-state index in [9.17, 15) is 18.8 Å². The number of likely N-dealkylation sites (tertiary alicyclic amines) is 1. The number of amides is 2. The number of carbonyl (C=O) groups excluding carboxylic acids is 3. The zero-order valence-electron chi connectivity index (χ0n) is 24.0. The maximum Gasteiger partial charge on any atom is 0.272 e. The number of nitrogens with one attached hydrogen (secondary N) is 1. The fraction of sp³-hybridized carbons (Fsp3) is 0.484. The number of piperidine rings is 1. The summed E-state index contributed by atoms with van der Waals surface area (Å²) >= 11 is 0. The van der Waals surface area contributed by atoms with Crippen molar-refractivity contribution in [2.45, 2.75) is 78.8 Å². The van der Waals surface area contributed by atoms with E-state index in [0.29, 0.717) is 49.3 Å². The number of fused-ring (bicyclic) bond motifs is 1. The minimum atomic E-state index is -0.950. The molecule has 2 aromatic heterocycles. The van der Waals surface area contributed by atoms with E-state index in [1.165, 1.54) is 13.0 Å². The fourth-order valence-electron chi connectivity index (χ4n) is 5.40. The fourth-order valence-corrected chi connectivity index (χ4v) is 5.40. The first-order valence-electron chi connectivity index (χ1n) is 13.7. The molecule has 0 aliphatic carbocycles. The normalized spacial score (nSPS) is 16.3.